The molecule has 1 atom stereocenters. The van der Waals surface area contributed by atoms with Crippen molar-refractivity contribution in [2.24, 2.45) is 0 Å². The van der Waals surface area contributed by atoms with E-state index in [4.69, 9.17) is 9.47 Å². The Hall–Kier alpha value is -1.22. The molecule has 1 rings (SSSR count). The van der Waals surface area contributed by atoms with Gasteiger partial charge in [-0.05, 0) is 37.5 Å². The molecule has 0 spiro atoms. The Bertz CT molecular complexity index is 364. The first-order valence-electron chi connectivity index (χ1n) is 6.53. The maximum atomic E-state index is 5.31. The van der Waals surface area contributed by atoms with Crippen LogP contribution in [-0.2, 0) is 6.42 Å². The summed E-state index contributed by atoms with van der Waals surface area (Å²) in [6.07, 6.45) is 2.16. The van der Waals surface area contributed by atoms with Crippen molar-refractivity contribution < 1.29 is 9.47 Å². The third kappa shape index (κ3) is 4.57. The van der Waals surface area contributed by atoms with E-state index in [1.54, 1.807) is 14.2 Å². The van der Waals surface area contributed by atoms with Gasteiger partial charge in [-0.2, -0.15) is 0 Å². The molecule has 0 saturated carbocycles. The van der Waals surface area contributed by atoms with Crippen LogP contribution in [0.3, 0.4) is 0 Å². The monoisotopic (exact) mass is 251 g/mol. The maximum absolute atomic E-state index is 5.31. The Labute approximate surface area is 110 Å². The Morgan fingerprint density at radius 2 is 1.72 bits per heavy atom. The molecule has 1 aromatic rings. The average Bonchev–Trinajstić information content (AvgIpc) is 2.35. The van der Waals surface area contributed by atoms with Gasteiger partial charge in [-0.3, -0.25) is 0 Å². The molecule has 0 radical (unpaired) electrons. The van der Waals surface area contributed by atoms with Crippen LogP contribution in [0.25, 0.3) is 0 Å². The van der Waals surface area contributed by atoms with E-state index in [9.17, 15) is 0 Å². The fraction of sp³-hybridized carbons (Fsp3) is 0.600. The lowest BCUT2D eigenvalue weighted by Gasteiger charge is -2.17. The molecule has 0 heterocycles. The standard InChI is InChI=1S/C15H25NO2/c1-11(2)16-12(3)6-7-13-8-9-14(17-4)15(10-13)18-5/h8-12,16H,6-7H2,1-5H3. The second-order valence-electron chi connectivity index (χ2n) is 4.95. The Morgan fingerprint density at radius 3 is 2.28 bits per heavy atom. The highest BCUT2D eigenvalue weighted by Crippen LogP contribution is 2.28. The van der Waals surface area contributed by atoms with Crippen molar-refractivity contribution in [3.05, 3.63) is 23.8 Å². The highest BCUT2D eigenvalue weighted by molar-refractivity contribution is 5.42. The molecule has 0 aliphatic rings. The predicted molar refractivity (Wildman–Crippen MR) is 75.6 cm³/mol. The van der Waals surface area contributed by atoms with Crippen LogP contribution in [0.1, 0.15) is 32.8 Å². The third-order valence-corrected chi connectivity index (χ3v) is 2.93. The lowest BCUT2D eigenvalue weighted by molar-refractivity contribution is 0.354. The summed E-state index contributed by atoms with van der Waals surface area (Å²) in [5.41, 5.74) is 1.28. The van der Waals surface area contributed by atoms with Crippen LogP contribution in [0.2, 0.25) is 0 Å². The van der Waals surface area contributed by atoms with Crippen LogP contribution in [0.5, 0.6) is 11.5 Å². The van der Waals surface area contributed by atoms with Crippen LogP contribution in [0.4, 0.5) is 0 Å². The van der Waals surface area contributed by atoms with E-state index in [2.05, 4.69) is 38.2 Å². The topological polar surface area (TPSA) is 30.5 Å². The minimum absolute atomic E-state index is 0.526. The van der Waals surface area contributed by atoms with E-state index < -0.39 is 0 Å². The summed E-state index contributed by atoms with van der Waals surface area (Å²) >= 11 is 0. The molecule has 0 saturated heterocycles. The van der Waals surface area contributed by atoms with E-state index in [1.165, 1.54) is 5.56 Å². The average molecular weight is 251 g/mol. The van der Waals surface area contributed by atoms with Gasteiger partial charge in [0.15, 0.2) is 11.5 Å². The van der Waals surface area contributed by atoms with E-state index in [0.29, 0.717) is 12.1 Å². The van der Waals surface area contributed by atoms with Gasteiger partial charge in [-0.25, -0.2) is 0 Å². The van der Waals surface area contributed by atoms with E-state index in [0.717, 1.165) is 24.3 Å². The van der Waals surface area contributed by atoms with Gasteiger partial charge in [0.25, 0.3) is 0 Å². The minimum Gasteiger partial charge on any atom is -0.493 e. The second-order valence-corrected chi connectivity index (χ2v) is 4.95. The summed E-state index contributed by atoms with van der Waals surface area (Å²) in [4.78, 5) is 0. The minimum atomic E-state index is 0.526. The van der Waals surface area contributed by atoms with Gasteiger partial charge in [-0.15, -0.1) is 0 Å². The van der Waals surface area contributed by atoms with E-state index in [1.807, 2.05) is 6.07 Å². The van der Waals surface area contributed by atoms with Gasteiger partial charge in [0.1, 0.15) is 0 Å². The highest BCUT2D eigenvalue weighted by Gasteiger charge is 2.07. The van der Waals surface area contributed by atoms with Crippen molar-refractivity contribution in [1.29, 1.82) is 0 Å². The first-order valence-corrected chi connectivity index (χ1v) is 6.53. The molecule has 0 bridgehead atoms. The normalized spacial score (nSPS) is 12.6. The maximum Gasteiger partial charge on any atom is 0.160 e. The van der Waals surface area contributed by atoms with Crippen molar-refractivity contribution in [3.8, 4) is 11.5 Å². The zero-order valence-electron chi connectivity index (χ0n) is 12.1. The van der Waals surface area contributed by atoms with Crippen LogP contribution < -0.4 is 14.8 Å². The quantitative estimate of drug-likeness (QED) is 0.808. The predicted octanol–water partition coefficient (Wildman–Crippen LogP) is 3.02. The van der Waals surface area contributed by atoms with Gasteiger partial charge in [0.2, 0.25) is 0 Å². The molecule has 1 N–H and O–H groups in total. The summed E-state index contributed by atoms with van der Waals surface area (Å²) in [5.74, 6) is 1.59. The van der Waals surface area contributed by atoms with Crippen molar-refractivity contribution in [1.82, 2.24) is 5.32 Å². The first-order chi connectivity index (χ1) is 8.56. The van der Waals surface area contributed by atoms with Crippen LogP contribution in [0, 0.1) is 0 Å². The molecule has 3 nitrogen and oxygen atoms in total. The number of nitrogens with one attached hydrogen (secondary N) is 1. The summed E-state index contributed by atoms with van der Waals surface area (Å²) in [5, 5.41) is 3.51. The molecule has 18 heavy (non-hydrogen) atoms. The largest absolute Gasteiger partial charge is 0.493 e. The highest BCUT2D eigenvalue weighted by atomic mass is 16.5. The first kappa shape index (κ1) is 14.8. The molecule has 1 unspecified atom stereocenters. The van der Waals surface area contributed by atoms with Gasteiger partial charge in [0, 0.05) is 12.1 Å². The second kappa shape index (κ2) is 7.27. The molecule has 0 amide bonds. The summed E-state index contributed by atoms with van der Waals surface area (Å²) in [6.45, 7) is 6.57. The summed E-state index contributed by atoms with van der Waals surface area (Å²) in [6, 6.07) is 7.18. The molecule has 0 aliphatic heterocycles. The third-order valence-electron chi connectivity index (χ3n) is 2.93. The SMILES string of the molecule is COc1ccc(CCC(C)NC(C)C)cc1OC. The van der Waals surface area contributed by atoms with Gasteiger partial charge in [-0.1, -0.05) is 19.9 Å². The lowest BCUT2D eigenvalue weighted by atomic mass is 10.1. The number of aryl methyl sites for hydroxylation is 1. The van der Waals surface area contributed by atoms with Gasteiger partial charge < -0.3 is 14.8 Å². The number of benzene rings is 1. The summed E-state index contributed by atoms with van der Waals surface area (Å²) in [7, 11) is 3.33. The lowest BCUT2D eigenvalue weighted by Crippen LogP contribution is -2.32. The molecule has 0 aromatic heterocycles. The van der Waals surface area contributed by atoms with Crippen LogP contribution in [0.15, 0.2) is 18.2 Å². The number of hydrogen-bond donors (Lipinski definition) is 1. The molecular weight excluding hydrogens is 226 g/mol. The van der Waals surface area contributed by atoms with Crippen molar-refractivity contribution in [3.63, 3.8) is 0 Å². The zero-order chi connectivity index (χ0) is 13.5. The number of hydrogen-bond acceptors (Lipinski definition) is 3. The molecule has 0 fully saturated rings. The smallest absolute Gasteiger partial charge is 0.160 e. The van der Waals surface area contributed by atoms with Crippen LogP contribution in [-0.4, -0.2) is 26.3 Å². The Balaban J connectivity index is 2.57. The van der Waals surface area contributed by atoms with Gasteiger partial charge in [0.05, 0.1) is 14.2 Å². The van der Waals surface area contributed by atoms with Crippen molar-refractivity contribution in [2.45, 2.75) is 45.7 Å². The summed E-state index contributed by atoms with van der Waals surface area (Å²) < 4.78 is 10.5. The fourth-order valence-electron chi connectivity index (χ4n) is 2.07. The Morgan fingerprint density at radius 1 is 1.06 bits per heavy atom. The van der Waals surface area contributed by atoms with Gasteiger partial charge >= 0.3 is 0 Å². The van der Waals surface area contributed by atoms with Crippen LogP contribution >= 0.6 is 0 Å². The number of rotatable bonds is 7. The molecule has 3 heteroatoms. The number of methoxy groups -OCH3 is 2. The molecule has 0 aliphatic carbocycles. The number of ether oxygens (including phenoxy) is 2. The van der Waals surface area contributed by atoms with Crippen molar-refractivity contribution in [2.75, 3.05) is 14.2 Å². The molecule has 1 aromatic carbocycles. The van der Waals surface area contributed by atoms with E-state index in [-0.39, 0.29) is 0 Å². The molecular formula is C15H25NO2. The zero-order valence-corrected chi connectivity index (χ0v) is 12.1. The fourth-order valence-corrected chi connectivity index (χ4v) is 2.07. The molecule has 102 valence electrons. The van der Waals surface area contributed by atoms with E-state index >= 15 is 0 Å². The van der Waals surface area contributed by atoms with Crippen molar-refractivity contribution >= 4 is 0 Å². The Kier molecular flexibility index (Phi) is 5.99.